The lowest BCUT2D eigenvalue weighted by Crippen LogP contribution is -2.11. The molecule has 0 spiro atoms. The van der Waals surface area contributed by atoms with Crippen molar-refractivity contribution in [1.29, 1.82) is 5.41 Å². The van der Waals surface area contributed by atoms with Crippen LogP contribution in [0.5, 0.6) is 0 Å². The Morgan fingerprint density at radius 1 is 1.00 bits per heavy atom. The molecular weight excluding hydrogens is 188 g/mol. The fraction of sp³-hybridized carbons (Fsp3) is 0.417. The lowest BCUT2D eigenvalue weighted by molar-refractivity contribution is 0.101. The number of aromatic nitrogens is 1. The summed E-state index contributed by atoms with van der Waals surface area (Å²) in [5, 5.41) is 7.61. The quantitative estimate of drug-likeness (QED) is 0.594. The lowest BCUT2D eigenvalue weighted by atomic mass is 9.98. The maximum atomic E-state index is 11.4. The number of rotatable bonds is 2. The number of nitrogens with zero attached hydrogens (tertiary/aromatic N) is 1. The molecule has 0 bridgehead atoms. The van der Waals surface area contributed by atoms with E-state index < -0.39 is 0 Å². The first-order valence-corrected chi connectivity index (χ1v) is 4.90. The summed E-state index contributed by atoms with van der Waals surface area (Å²) in [5.41, 5.74) is 4.48. The molecule has 3 heteroatoms. The van der Waals surface area contributed by atoms with Gasteiger partial charge in [0.15, 0.2) is 5.78 Å². The number of hydrogen-bond donors (Lipinski definition) is 1. The van der Waals surface area contributed by atoms with Crippen LogP contribution in [0.1, 0.15) is 46.7 Å². The van der Waals surface area contributed by atoms with E-state index in [1.165, 1.54) is 6.92 Å². The van der Waals surface area contributed by atoms with Gasteiger partial charge in [0.1, 0.15) is 5.69 Å². The van der Waals surface area contributed by atoms with Crippen LogP contribution in [0.2, 0.25) is 0 Å². The van der Waals surface area contributed by atoms with Crippen molar-refractivity contribution in [1.82, 2.24) is 4.98 Å². The zero-order chi connectivity index (χ0) is 11.7. The summed E-state index contributed by atoms with van der Waals surface area (Å²) in [4.78, 5) is 15.6. The summed E-state index contributed by atoms with van der Waals surface area (Å²) in [6, 6.07) is 0. The molecule has 3 nitrogen and oxygen atoms in total. The van der Waals surface area contributed by atoms with Crippen LogP contribution >= 0.6 is 0 Å². The van der Waals surface area contributed by atoms with Crippen LogP contribution in [-0.2, 0) is 0 Å². The van der Waals surface area contributed by atoms with Crippen LogP contribution < -0.4 is 0 Å². The molecule has 0 amide bonds. The van der Waals surface area contributed by atoms with Gasteiger partial charge in [0.2, 0.25) is 0 Å². The van der Waals surface area contributed by atoms with E-state index in [0.29, 0.717) is 17.1 Å². The topological polar surface area (TPSA) is 53.8 Å². The van der Waals surface area contributed by atoms with Crippen LogP contribution in [-0.4, -0.2) is 16.5 Å². The Balaban J connectivity index is 3.59. The minimum absolute atomic E-state index is 0.0434. The summed E-state index contributed by atoms with van der Waals surface area (Å²) in [6.45, 7) is 8.99. The van der Waals surface area contributed by atoms with Crippen molar-refractivity contribution in [3.63, 3.8) is 0 Å². The molecule has 1 rings (SSSR count). The van der Waals surface area contributed by atoms with Crippen molar-refractivity contribution in [2.24, 2.45) is 0 Å². The maximum Gasteiger partial charge on any atom is 0.178 e. The van der Waals surface area contributed by atoms with Crippen molar-refractivity contribution >= 4 is 11.5 Å². The predicted octanol–water partition coefficient (Wildman–Crippen LogP) is 2.60. The highest BCUT2D eigenvalue weighted by atomic mass is 16.1. The molecule has 15 heavy (non-hydrogen) atoms. The second-order valence-electron chi connectivity index (χ2n) is 3.87. The Morgan fingerprint density at radius 2 is 1.47 bits per heavy atom. The minimum Gasteiger partial charge on any atom is -0.303 e. The Morgan fingerprint density at radius 3 is 1.87 bits per heavy atom. The van der Waals surface area contributed by atoms with Gasteiger partial charge in [0.05, 0.1) is 11.4 Å². The first-order valence-electron chi connectivity index (χ1n) is 4.90. The molecule has 0 radical (unpaired) electrons. The molecule has 1 aromatic heterocycles. The average Bonchev–Trinajstić information content (AvgIpc) is 2.13. The molecule has 0 aliphatic rings. The lowest BCUT2D eigenvalue weighted by Gasteiger charge is -2.12. The molecule has 0 unspecified atom stereocenters. The molecule has 1 heterocycles. The van der Waals surface area contributed by atoms with Gasteiger partial charge >= 0.3 is 0 Å². The Bertz CT molecular complexity index is 409. The van der Waals surface area contributed by atoms with Crippen molar-refractivity contribution in [3.05, 3.63) is 28.1 Å². The molecule has 0 fully saturated rings. The molecule has 0 atom stereocenters. The molecule has 80 valence electrons. The van der Waals surface area contributed by atoms with Crippen molar-refractivity contribution in [3.8, 4) is 0 Å². The van der Waals surface area contributed by atoms with Crippen molar-refractivity contribution in [2.45, 2.75) is 34.6 Å². The molecule has 1 N–H and O–H groups in total. The second-order valence-corrected chi connectivity index (χ2v) is 3.87. The molecule has 0 saturated carbocycles. The minimum atomic E-state index is -0.0434. The van der Waals surface area contributed by atoms with Crippen LogP contribution in [0.15, 0.2) is 0 Å². The van der Waals surface area contributed by atoms with Gasteiger partial charge in [-0.3, -0.25) is 4.79 Å². The maximum absolute atomic E-state index is 11.4. The summed E-state index contributed by atoms with van der Waals surface area (Å²) in [5.74, 6) is -0.0434. The van der Waals surface area contributed by atoms with Gasteiger partial charge in [-0.25, -0.2) is 4.98 Å². The number of ketones is 1. The van der Waals surface area contributed by atoms with Crippen molar-refractivity contribution in [2.75, 3.05) is 0 Å². The largest absolute Gasteiger partial charge is 0.303 e. The van der Waals surface area contributed by atoms with Crippen LogP contribution in [0, 0.1) is 26.2 Å². The fourth-order valence-electron chi connectivity index (χ4n) is 1.62. The smallest absolute Gasteiger partial charge is 0.178 e. The monoisotopic (exact) mass is 204 g/mol. The zero-order valence-electron chi connectivity index (χ0n) is 9.86. The Hall–Kier alpha value is -1.51. The van der Waals surface area contributed by atoms with Gasteiger partial charge in [-0.2, -0.15) is 0 Å². The second kappa shape index (κ2) is 3.93. The summed E-state index contributed by atoms with van der Waals surface area (Å²) in [7, 11) is 0. The number of pyridine rings is 1. The third-order valence-corrected chi connectivity index (χ3v) is 2.75. The molecular formula is C12H16N2O. The number of hydrogen-bond acceptors (Lipinski definition) is 3. The van der Waals surface area contributed by atoms with Crippen LogP contribution in [0.4, 0.5) is 0 Å². The van der Waals surface area contributed by atoms with E-state index in [9.17, 15) is 4.79 Å². The number of carbonyl (C=O) groups excluding carboxylic acids is 1. The van der Waals surface area contributed by atoms with E-state index in [2.05, 4.69) is 4.98 Å². The SMILES string of the molecule is CC(=N)c1nc(C(C)=O)c(C)c(C)c1C. The van der Waals surface area contributed by atoms with E-state index in [4.69, 9.17) is 5.41 Å². The summed E-state index contributed by atoms with van der Waals surface area (Å²) in [6.07, 6.45) is 0. The van der Waals surface area contributed by atoms with E-state index in [0.717, 1.165) is 16.7 Å². The van der Waals surface area contributed by atoms with Crippen molar-refractivity contribution < 1.29 is 4.79 Å². The fourth-order valence-corrected chi connectivity index (χ4v) is 1.62. The third-order valence-electron chi connectivity index (χ3n) is 2.75. The molecule has 0 aromatic carbocycles. The first-order chi connectivity index (χ1) is 6.86. The van der Waals surface area contributed by atoms with Crippen LogP contribution in [0.25, 0.3) is 0 Å². The first kappa shape index (κ1) is 11.6. The van der Waals surface area contributed by atoms with Gasteiger partial charge in [0, 0.05) is 6.92 Å². The Kier molecular flexibility index (Phi) is 3.03. The van der Waals surface area contributed by atoms with Gasteiger partial charge in [0.25, 0.3) is 0 Å². The highest BCUT2D eigenvalue weighted by Gasteiger charge is 2.14. The zero-order valence-corrected chi connectivity index (χ0v) is 9.86. The average molecular weight is 204 g/mol. The Labute approximate surface area is 90.1 Å². The highest BCUT2D eigenvalue weighted by Crippen LogP contribution is 2.19. The summed E-state index contributed by atoms with van der Waals surface area (Å²) >= 11 is 0. The van der Waals surface area contributed by atoms with E-state index in [1.54, 1.807) is 6.92 Å². The van der Waals surface area contributed by atoms with Gasteiger partial charge < -0.3 is 5.41 Å². The number of carbonyl (C=O) groups is 1. The predicted molar refractivity (Wildman–Crippen MR) is 61.0 cm³/mol. The normalized spacial score (nSPS) is 10.2. The van der Waals surface area contributed by atoms with E-state index in [-0.39, 0.29) is 5.78 Å². The number of nitrogens with one attached hydrogen (secondary N) is 1. The highest BCUT2D eigenvalue weighted by molar-refractivity contribution is 5.99. The van der Waals surface area contributed by atoms with E-state index >= 15 is 0 Å². The standard InChI is InChI=1S/C12H16N2O/c1-6-7(2)11(9(4)13)14-12(8(6)3)10(5)15/h13H,1-5H3. The molecule has 1 aromatic rings. The molecule has 0 aliphatic carbocycles. The number of Topliss-reactive ketones (excluding diaryl/α,β-unsaturated/α-hetero) is 1. The molecule has 0 aliphatic heterocycles. The van der Waals surface area contributed by atoms with Gasteiger partial charge in [-0.15, -0.1) is 0 Å². The van der Waals surface area contributed by atoms with Gasteiger partial charge in [-0.1, -0.05) is 0 Å². The molecule has 0 saturated heterocycles. The van der Waals surface area contributed by atoms with Crippen LogP contribution in [0.3, 0.4) is 0 Å². The van der Waals surface area contributed by atoms with Gasteiger partial charge in [-0.05, 0) is 44.4 Å². The third kappa shape index (κ3) is 1.96. The summed E-state index contributed by atoms with van der Waals surface area (Å²) < 4.78 is 0. The van der Waals surface area contributed by atoms with E-state index in [1.807, 2.05) is 20.8 Å².